The number of benzene rings is 1. The van der Waals surface area contributed by atoms with Crippen LogP contribution in [0.15, 0.2) is 28.7 Å². The Morgan fingerprint density at radius 1 is 1.44 bits per heavy atom. The second-order valence-corrected chi connectivity index (χ2v) is 4.76. The number of hydrogen-bond acceptors (Lipinski definition) is 2. The van der Waals surface area contributed by atoms with E-state index in [-0.39, 0.29) is 5.91 Å². The molecule has 1 aromatic rings. The van der Waals surface area contributed by atoms with E-state index in [1.54, 1.807) is 19.0 Å². The molecule has 0 aliphatic heterocycles. The predicted octanol–water partition coefficient (Wildman–Crippen LogP) is 2.02. The summed E-state index contributed by atoms with van der Waals surface area (Å²) in [5.74, 6) is 0.154. The molecule has 0 unspecified atom stereocenters. The lowest BCUT2D eigenvalue weighted by atomic mass is 10.2. The molecule has 4 heteroatoms. The van der Waals surface area contributed by atoms with Crippen molar-refractivity contribution in [3.8, 4) is 0 Å². The van der Waals surface area contributed by atoms with Crippen LogP contribution in [0.5, 0.6) is 0 Å². The van der Waals surface area contributed by atoms with Crippen molar-refractivity contribution in [3.05, 3.63) is 34.3 Å². The van der Waals surface area contributed by atoms with Crippen LogP contribution in [0, 0.1) is 0 Å². The van der Waals surface area contributed by atoms with Gasteiger partial charge in [-0.15, -0.1) is 0 Å². The summed E-state index contributed by atoms with van der Waals surface area (Å²) < 4.78 is 1.08. The molecule has 88 valence electrons. The minimum absolute atomic E-state index is 0.154. The third-order valence-corrected chi connectivity index (χ3v) is 2.73. The first-order valence-electron chi connectivity index (χ1n) is 5.25. The molecular weight excluding hydrogens is 268 g/mol. The van der Waals surface area contributed by atoms with Crippen molar-refractivity contribution in [2.75, 3.05) is 20.6 Å². The van der Waals surface area contributed by atoms with Crippen LogP contribution < -0.4 is 5.32 Å². The molecule has 0 aliphatic carbocycles. The number of halogens is 1. The van der Waals surface area contributed by atoms with Gasteiger partial charge in [-0.3, -0.25) is 4.79 Å². The first kappa shape index (κ1) is 13.2. The molecule has 0 radical (unpaired) electrons. The van der Waals surface area contributed by atoms with Crippen LogP contribution in [-0.2, 0) is 11.3 Å². The summed E-state index contributed by atoms with van der Waals surface area (Å²) in [7, 11) is 3.55. The maximum atomic E-state index is 11.3. The van der Waals surface area contributed by atoms with E-state index in [4.69, 9.17) is 0 Å². The van der Waals surface area contributed by atoms with Crippen LogP contribution in [0.3, 0.4) is 0 Å². The highest BCUT2D eigenvalue weighted by Gasteiger charge is 2.02. The number of hydrogen-bond donors (Lipinski definition) is 1. The number of carbonyl (C=O) groups excluding carboxylic acids is 1. The van der Waals surface area contributed by atoms with Gasteiger partial charge >= 0.3 is 0 Å². The van der Waals surface area contributed by atoms with Crippen molar-refractivity contribution in [1.29, 1.82) is 0 Å². The van der Waals surface area contributed by atoms with Crippen molar-refractivity contribution in [3.63, 3.8) is 0 Å². The number of nitrogens with one attached hydrogen (secondary N) is 1. The highest BCUT2D eigenvalue weighted by atomic mass is 79.9. The van der Waals surface area contributed by atoms with Crippen LogP contribution >= 0.6 is 15.9 Å². The third-order valence-electron chi connectivity index (χ3n) is 2.23. The fourth-order valence-electron chi connectivity index (χ4n) is 1.30. The van der Waals surface area contributed by atoms with Gasteiger partial charge in [0.25, 0.3) is 0 Å². The number of amides is 1. The fourth-order valence-corrected chi connectivity index (χ4v) is 1.75. The van der Waals surface area contributed by atoms with Crippen LogP contribution in [0.4, 0.5) is 0 Å². The minimum atomic E-state index is 0.154. The lowest BCUT2D eigenvalue weighted by molar-refractivity contribution is -0.128. The monoisotopic (exact) mass is 284 g/mol. The summed E-state index contributed by atoms with van der Waals surface area (Å²) in [6.45, 7) is 1.50. The Balaban J connectivity index is 2.23. The Morgan fingerprint density at radius 3 is 2.81 bits per heavy atom. The molecule has 0 spiro atoms. The zero-order valence-corrected chi connectivity index (χ0v) is 11.3. The lowest BCUT2D eigenvalue weighted by Gasteiger charge is -2.10. The molecule has 1 amide bonds. The summed E-state index contributed by atoms with van der Waals surface area (Å²) >= 11 is 3.42. The molecule has 0 aromatic heterocycles. The topological polar surface area (TPSA) is 32.3 Å². The van der Waals surface area contributed by atoms with Crippen LogP contribution in [-0.4, -0.2) is 31.4 Å². The average Bonchev–Trinajstić information content (AvgIpc) is 2.24. The van der Waals surface area contributed by atoms with Gasteiger partial charge in [0.1, 0.15) is 0 Å². The molecule has 1 rings (SSSR count). The highest BCUT2D eigenvalue weighted by molar-refractivity contribution is 9.10. The molecule has 16 heavy (non-hydrogen) atoms. The Bertz CT molecular complexity index is 353. The molecule has 3 nitrogen and oxygen atoms in total. The summed E-state index contributed by atoms with van der Waals surface area (Å²) in [5, 5.41) is 3.25. The maximum Gasteiger partial charge on any atom is 0.223 e. The van der Waals surface area contributed by atoms with E-state index in [1.807, 2.05) is 12.1 Å². The Morgan fingerprint density at radius 2 is 2.19 bits per heavy atom. The molecule has 0 bridgehead atoms. The van der Waals surface area contributed by atoms with Gasteiger partial charge in [0.05, 0.1) is 0 Å². The first-order chi connectivity index (χ1) is 7.59. The van der Waals surface area contributed by atoms with Crippen molar-refractivity contribution < 1.29 is 4.79 Å². The molecule has 0 saturated heterocycles. The fraction of sp³-hybridized carbons (Fsp3) is 0.417. The average molecular weight is 285 g/mol. The number of rotatable bonds is 5. The van der Waals surface area contributed by atoms with E-state index in [9.17, 15) is 4.79 Å². The smallest absolute Gasteiger partial charge is 0.223 e. The van der Waals surface area contributed by atoms with Gasteiger partial charge in [-0.25, -0.2) is 0 Å². The summed E-state index contributed by atoms with van der Waals surface area (Å²) in [6, 6.07) is 8.14. The highest BCUT2D eigenvalue weighted by Crippen LogP contribution is 2.11. The van der Waals surface area contributed by atoms with Crippen molar-refractivity contribution >= 4 is 21.8 Å². The van der Waals surface area contributed by atoms with Crippen LogP contribution in [0.25, 0.3) is 0 Å². The summed E-state index contributed by atoms with van der Waals surface area (Å²) in [6.07, 6.45) is 0.543. The molecule has 1 N–H and O–H groups in total. The largest absolute Gasteiger partial charge is 0.349 e. The van der Waals surface area contributed by atoms with E-state index < -0.39 is 0 Å². The van der Waals surface area contributed by atoms with Crippen molar-refractivity contribution in [2.24, 2.45) is 0 Å². The second-order valence-electron chi connectivity index (χ2n) is 3.84. The van der Waals surface area contributed by atoms with Crippen LogP contribution in [0.1, 0.15) is 12.0 Å². The van der Waals surface area contributed by atoms with E-state index in [0.29, 0.717) is 13.0 Å². The Labute approximate surface area is 105 Å². The van der Waals surface area contributed by atoms with Crippen LogP contribution in [0.2, 0.25) is 0 Å². The van der Waals surface area contributed by atoms with Gasteiger partial charge < -0.3 is 10.2 Å². The van der Waals surface area contributed by atoms with Gasteiger partial charge in [-0.05, 0) is 17.7 Å². The Hall–Kier alpha value is -0.870. The summed E-state index contributed by atoms with van der Waals surface area (Å²) in [5.41, 5.74) is 1.21. The quantitative estimate of drug-likeness (QED) is 0.839. The van der Waals surface area contributed by atoms with Crippen molar-refractivity contribution in [2.45, 2.75) is 13.0 Å². The molecule has 0 aliphatic rings. The van der Waals surface area contributed by atoms with E-state index >= 15 is 0 Å². The summed E-state index contributed by atoms with van der Waals surface area (Å²) in [4.78, 5) is 12.9. The van der Waals surface area contributed by atoms with E-state index in [2.05, 4.69) is 33.4 Å². The van der Waals surface area contributed by atoms with Crippen molar-refractivity contribution in [1.82, 2.24) is 10.2 Å². The predicted molar refractivity (Wildman–Crippen MR) is 69.2 cm³/mol. The molecule has 0 saturated carbocycles. The van der Waals surface area contributed by atoms with Gasteiger partial charge in [-0.1, -0.05) is 28.1 Å². The first-order valence-corrected chi connectivity index (χ1v) is 6.04. The molecule has 0 heterocycles. The molecular formula is C12H17BrN2O. The zero-order chi connectivity index (χ0) is 12.0. The lowest BCUT2D eigenvalue weighted by Crippen LogP contribution is -2.26. The number of carbonyl (C=O) groups is 1. The zero-order valence-electron chi connectivity index (χ0n) is 9.66. The molecule has 0 fully saturated rings. The standard InChI is InChI=1S/C12H17BrN2O/c1-15(2)12(16)6-7-14-9-10-4-3-5-11(13)8-10/h3-5,8,14H,6-7,9H2,1-2H3. The van der Waals surface area contributed by atoms with Gasteiger partial charge in [0.15, 0.2) is 0 Å². The van der Waals surface area contributed by atoms with E-state index in [0.717, 1.165) is 11.0 Å². The van der Waals surface area contributed by atoms with Gasteiger partial charge in [0.2, 0.25) is 5.91 Å². The Kier molecular flexibility index (Phi) is 5.49. The molecule has 1 aromatic carbocycles. The minimum Gasteiger partial charge on any atom is -0.349 e. The normalized spacial score (nSPS) is 10.2. The maximum absolute atomic E-state index is 11.3. The SMILES string of the molecule is CN(C)C(=O)CCNCc1cccc(Br)c1. The molecule has 0 atom stereocenters. The van der Waals surface area contributed by atoms with E-state index in [1.165, 1.54) is 5.56 Å². The third kappa shape index (κ3) is 4.77. The van der Waals surface area contributed by atoms with Gasteiger partial charge in [0, 0.05) is 38.1 Å². The second kappa shape index (κ2) is 6.66. The van der Waals surface area contributed by atoms with Gasteiger partial charge in [-0.2, -0.15) is 0 Å². The number of nitrogens with zero attached hydrogens (tertiary/aromatic N) is 1.